The number of aromatic nitrogens is 1. The van der Waals surface area contributed by atoms with Gasteiger partial charge in [-0.05, 0) is 42.2 Å². The number of carbonyl (C=O) groups is 5. The van der Waals surface area contributed by atoms with Gasteiger partial charge in [0.2, 0.25) is 23.6 Å². The monoisotopic (exact) mass is 630 g/mol. The topological polar surface area (TPSA) is 227 Å². The van der Waals surface area contributed by atoms with Crippen molar-refractivity contribution in [3.63, 3.8) is 0 Å². The molecule has 0 radical (unpaired) electrons. The summed E-state index contributed by atoms with van der Waals surface area (Å²) in [6.07, 6.45) is 2.10. The molecule has 0 fully saturated rings. The lowest BCUT2D eigenvalue weighted by atomic mass is 10.0. The minimum atomic E-state index is -1.68. The van der Waals surface area contributed by atoms with Crippen molar-refractivity contribution >= 4 is 51.3 Å². The second-order valence-electron chi connectivity index (χ2n) is 10.3. The first kappa shape index (κ1) is 33.9. The first-order valence-electron chi connectivity index (χ1n) is 13.6. The van der Waals surface area contributed by atoms with Gasteiger partial charge in [0.05, 0.1) is 12.5 Å². The zero-order valence-corrected chi connectivity index (χ0v) is 24.7. The van der Waals surface area contributed by atoms with Crippen LogP contribution in [0.2, 0.25) is 0 Å². The van der Waals surface area contributed by atoms with Crippen LogP contribution in [-0.2, 0) is 47.6 Å². The number of carboxylic acids is 1. The highest BCUT2D eigenvalue weighted by Gasteiger charge is 2.31. The highest BCUT2D eigenvalue weighted by Crippen LogP contribution is 2.19. The Morgan fingerprint density at radius 2 is 1.59 bits per heavy atom. The van der Waals surface area contributed by atoms with Crippen LogP contribution >= 0.6 is 0 Å². The Labute approximate surface area is 254 Å². The molecule has 9 N–H and O–H groups in total. The molecular weight excluding hydrogens is 595 g/mol. The number of amides is 4. The van der Waals surface area contributed by atoms with Gasteiger partial charge < -0.3 is 37.5 Å². The number of halogens is 1. The Bertz CT molecular complexity index is 1550. The molecule has 0 saturated heterocycles. The van der Waals surface area contributed by atoms with Crippen molar-refractivity contribution in [3.05, 3.63) is 71.7 Å². The molecule has 0 saturated carbocycles. The van der Waals surface area contributed by atoms with Crippen LogP contribution in [-0.4, -0.2) is 80.1 Å². The van der Waals surface area contributed by atoms with E-state index in [0.717, 1.165) is 22.5 Å². The number of carbonyl (C=O) groups excluding carboxylic acids is 4. The lowest BCUT2D eigenvalue weighted by Crippen LogP contribution is -2.58. The Balaban J connectivity index is 1.72. The van der Waals surface area contributed by atoms with E-state index in [0.29, 0.717) is 5.56 Å². The van der Waals surface area contributed by atoms with E-state index < -0.39 is 76.8 Å². The molecule has 0 aliphatic heterocycles. The molecule has 0 aliphatic carbocycles. The van der Waals surface area contributed by atoms with Crippen LogP contribution < -0.4 is 27.4 Å². The second kappa shape index (κ2) is 15.7. The number of para-hydroxylation sites is 1. The van der Waals surface area contributed by atoms with E-state index in [9.17, 15) is 37.7 Å². The normalized spacial score (nSPS) is 14.5. The number of primary amides is 1. The number of rotatable bonds is 16. The molecular formula is C29H35FN6O7S. The number of nitrogens with one attached hydrogen (secondary N) is 4. The molecule has 2 aromatic carbocycles. The largest absolute Gasteiger partial charge is 0.481 e. The molecule has 5 atom stereocenters. The van der Waals surface area contributed by atoms with Gasteiger partial charge in [0.15, 0.2) is 0 Å². The van der Waals surface area contributed by atoms with E-state index in [-0.39, 0.29) is 25.0 Å². The Hall–Kier alpha value is -4.63. The van der Waals surface area contributed by atoms with Crippen LogP contribution in [0.5, 0.6) is 0 Å². The Morgan fingerprint density at radius 1 is 0.932 bits per heavy atom. The van der Waals surface area contributed by atoms with Crippen molar-refractivity contribution in [1.29, 1.82) is 0 Å². The van der Waals surface area contributed by atoms with Gasteiger partial charge in [-0.25, -0.2) is 4.39 Å². The van der Waals surface area contributed by atoms with Crippen molar-refractivity contribution in [2.75, 3.05) is 12.0 Å². The standard InChI is InChI=1S/C29H35FN6O7S/c1-44(43)10-9-22(34-27(40)20(31)13-17-15-33-21-8-3-2-7-19(17)21)28(41)36-24(14-25(37)38)29(42)35-23(26(32)39)12-16-5-4-6-18(30)11-16/h2-8,11,15,20,22-24,33H,9-10,12-14,31H2,1H3,(H2,32,39)(H,34,40)(H,35,42)(H,36,41)(H,37,38)/t20-,22+,23+,24+,44?/m1/s1. The molecule has 1 unspecified atom stereocenters. The summed E-state index contributed by atoms with van der Waals surface area (Å²) in [6, 6.07) is 7.26. The van der Waals surface area contributed by atoms with Crippen molar-refractivity contribution in [2.45, 2.75) is 49.9 Å². The number of aromatic amines is 1. The molecule has 44 heavy (non-hydrogen) atoms. The van der Waals surface area contributed by atoms with Crippen LogP contribution in [0.15, 0.2) is 54.7 Å². The smallest absolute Gasteiger partial charge is 0.305 e. The molecule has 3 aromatic rings. The number of benzene rings is 2. The fraction of sp³-hybridized carbons (Fsp3) is 0.345. The predicted molar refractivity (Wildman–Crippen MR) is 161 cm³/mol. The maximum Gasteiger partial charge on any atom is 0.305 e. The summed E-state index contributed by atoms with van der Waals surface area (Å²) in [7, 11) is -1.35. The maximum atomic E-state index is 13.6. The molecule has 236 valence electrons. The van der Waals surface area contributed by atoms with E-state index in [2.05, 4.69) is 20.9 Å². The summed E-state index contributed by atoms with van der Waals surface area (Å²) in [5.41, 5.74) is 13.5. The third kappa shape index (κ3) is 9.98. The predicted octanol–water partition coefficient (Wildman–Crippen LogP) is -0.397. The molecule has 15 heteroatoms. The minimum Gasteiger partial charge on any atom is -0.481 e. The van der Waals surface area contributed by atoms with E-state index in [4.69, 9.17) is 11.5 Å². The molecule has 0 aliphatic rings. The molecule has 0 spiro atoms. The molecule has 0 bridgehead atoms. The van der Waals surface area contributed by atoms with Crippen LogP contribution in [0.4, 0.5) is 4.39 Å². The summed E-state index contributed by atoms with van der Waals surface area (Å²) in [5.74, 6) is -5.64. The molecule has 3 rings (SSSR count). The summed E-state index contributed by atoms with van der Waals surface area (Å²) in [4.78, 5) is 66.0. The van der Waals surface area contributed by atoms with Gasteiger partial charge in [0.1, 0.15) is 23.9 Å². The molecule has 4 amide bonds. The van der Waals surface area contributed by atoms with Gasteiger partial charge in [-0.3, -0.25) is 28.2 Å². The number of fused-ring (bicyclic) bond motifs is 1. The summed E-state index contributed by atoms with van der Waals surface area (Å²) in [5, 5.41) is 17.4. The van der Waals surface area contributed by atoms with E-state index in [1.807, 2.05) is 24.3 Å². The fourth-order valence-corrected chi connectivity index (χ4v) is 5.08. The maximum absolute atomic E-state index is 13.6. The first-order valence-corrected chi connectivity index (χ1v) is 15.3. The lowest BCUT2D eigenvalue weighted by Gasteiger charge is -2.25. The quantitative estimate of drug-likeness (QED) is 0.110. The summed E-state index contributed by atoms with van der Waals surface area (Å²) in [6.45, 7) is 0. The van der Waals surface area contributed by atoms with Crippen LogP contribution in [0.1, 0.15) is 24.0 Å². The Kier molecular flexibility index (Phi) is 12.1. The summed E-state index contributed by atoms with van der Waals surface area (Å²) >= 11 is 0. The van der Waals surface area contributed by atoms with Crippen LogP contribution in [0, 0.1) is 5.82 Å². The number of nitrogens with two attached hydrogens (primary N) is 2. The van der Waals surface area contributed by atoms with Gasteiger partial charge in [-0.1, -0.05) is 30.3 Å². The van der Waals surface area contributed by atoms with Crippen molar-refractivity contribution in [1.82, 2.24) is 20.9 Å². The first-order chi connectivity index (χ1) is 20.8. The number of hydrogen-bond acceptors (Lipinski definition) is 7. The number of carboxylic acid groups (broad SMARTS) is 1. The van der Waals surface area contributed by atoms with Gasteiger partial charge in [-0.15, -0.1) is 0 Å². The van der Waals surface area contributed by atoms with E-state index >= 15 is 0 Å². The zero-order chi connectivity index (χ0) is 32.4. The average molecular weight is 631 g/mol. The van der Waals surface area contributed by atoms with Gasteiger partial charge in [0.25, 0.3) is 0 Å². The average Bonchev–Trinajstić information content (AvgIpc) is 3.36. The number of aliphatic carboxylic acids is 1. The fourth-order valence-electron chi connectivity index (χ4n) is 4.51. The second-order valence-corrected chi connectivity index (χ2v) is 11.8. The third-order valence-electron chi connectivity index (χ3n) is 6.78. The summed E-state index contributed by atoms with van der Waals surface area (Å²) < 4.78 is 25.4. The van der Waals surface area contributed by atoms with Crippen LogP contribution in [0.25, 0.3) is 10.9 Å². The van der Waals surface area contributed by atoms with Crippen molar-refractivity contribution < 1.29 is 37.7 Å². The molecule has 13 nitrogen and oxygen atoms in total. The lowest BCUT2D eigenvalue weighted by molar-refractivity contribution is -0.141. The van der Waals surface area contributed by atoms with Gasteiger partial charge >= 0.3 is 5.97 Å². The van der Waals surface area contributed by atoms with E-state index in [1.165, 1.54) is 24.5 Å². The van der Waals surface area contributed by atoms with Gasteiger partial charge in [-0.2, -0.15) is 0 Å². The third-order valence-corrected chi connectivity index (χ3v) is 7.59. The van der Waals surface area contributed by atoms with Crippen molar-refractivity contribution in [2.24, 2.45) is 11.5 Å². The Morgan fingerprint density at radius 3 is 2.25 bits per heavy atom. The van der Waals surface area contributed by atoms with Crippen LogP contribution in [0.3, 0.4) is 0 Å². The SMILES string of the molecule is CS(=O)CC[C@H](NC(=O)[C@H](N)Cc1c[nH]c2ccccc12)C(=O)N[C@@H](CC(=O)O)C(=O)N[C@@H](Cc1cccc(F)c1)C(N)=O. The van der Waals surface area contributed by atoms with E-state index in [1.54, 1.807) is 6.20 Å². The minimum absolute atomic E-state index is 0.00321. The highest BCUT2D eigenvalue weighted by atomic mass is 32.2. The zero-order valence-electron chi connectivity index (χ0n) is 23.9. The number of hydrogen-bond donors (Lipinski definition) is 7. The van der Waals surface area contributed by atoms with Gasteiger partial charge in [0, 0.05) is 46.3 Å². The highest BCUT2D eigenvalue weighted by molar-refractivity contribution is 7.84. The molecule has 1 aromatic heterocycles. The number of H-pyrrole nitrogens is 1. The van der Waals surface area contributed by atoms with Crippen molar-refractivity contribution in [3.8, 4) is 0 Å². The molecule has 1 heterocycles.